The van der Waals surface area contributed by atoms with Crippen molar-refractivity contribution >= 4 is 45.6 Å². The van der Waals surface area contributed by atoms with Crippen LogP contribution < -0.4 is 5.73 Å². The number of carbonyl (C=O) groups is 3. The molecule has 0 aromatic rings. The standard InChI is InChI=1S/C9H16N2O5SSe/c1-18-11(6(4-17)9(15)16)7(12)3-2-5(10)8(13)14/h5-6,17H,2-4,10H2,1H3,(H,13,14)(H,15,16). The van der Waals surface area contributed by atoms with Crippen molar-refractivity contribution in [3.05, 3.63) is 0 Å². The van der Waals surface area contributed by atoms with E-state index in [4.69, 9.17) is 15.9 Å². The quantitative estimate of drug-likeness (QED) is 0.333. The maximum absolute atomic E-state index is 11.8. The third-order valence-electron chi connectivity index (χ3n) is 2.17. The van der Waals surface area contributed by atoms with Crippen LogP contribution in [0.15, 0.2) is 0 Å². The molecule has 0 saturated heterocycles. The zero-order valence-corrected chi connectivity index (χ0v) is 12.4. The molecule has 0 aliphatic heterocycles. The van der Waals surface area contributed by atoms with Crippen LogP contribution in [-0.2, 0) is 14.4 Å². The number of hydrogen-bond acceptors (Lipinski definition) is 5. The van der Waals surface area contributed by atoms with Crippen molar-refractivity contribution in [3.63, 3.8) is 0 Å². The van der Waals surface area contributed by atoms with Crippen molar-refractivity contribution in [1.29, 1.82) is 0 Å². The molecule has 7 nitrogen and oxygen atoms in total. The molecule has 0 aromatic carbocycles. The fourth-order valence-electron chi connectivity index (χ4n) is 1.17. The van der Waals surface area contributed by atoms with Crippen LogP contribution in [-0.4, -0.2) is 65.0 Å². The van der Waals surface area contributed by atoms with Gasteiger partial charge in [0, 0.05) is 0 Å². The second-order valence-electron chi connectivity index (χ2n) is 3.42. The Morgan fingerprint density at radius 1 is 1.33 bits per heavy atom. The Labute approximate surface area is 116 Å². The van der Waals surface area contributed by atoms with Crippen LogP contribution in [0.4, 0.5) is 0 Å². The molecule has 2 atom stereocenters. The van der Waals surface area contributed by atoms with Gasteiger partial charge in [0.05, 0.1) is 0 Å². The summed E-state index contributed by atoms with van der Waals surface area (Å²) in [5.41, 5.74) is 5.28. The molecular weight excluding hydrogens is 327 g/mol. The molecule has 104 valence electrons. The van der Waals surface area contributed by atoms with E-state index in [1.807, 2.05) is 0 Å². The van der Waals surface area contributed by atoms with Gasteiger partial charge in [0.25, 0.3) is 0 Å². The van der Waals surface area contributed by atoms with Crippen LogP contribution >= 0.6 is 12.6 Å². The monoisotopic (exact) mass is 344 g/mol. The summed E-state index contributed by atoms with van der Waals surface area (Å²) in [6, 6.07) is -2.09. The van der Waals surface area contributed by atoms with Gasteiger partial charge >= 0.3 is 116 Å². The van der Waals surface area contributed by atoms with E-state index < -0.39 is 29.9 Å². The molecule has 0 aliphatic carbocycles. The van der Waals surface area contributed by atoms with E-state index in [0.29, 0.717) is 0 Å². The first kappa shape index (κ1) is 17.2. The molecule has 0 bridgehead atoms. The number of rotatable bonds is 8. The Balaban J connectivity index is 4.52. The number of carbonyl (C=O) groups excluding carboxylic acids is 1. The van der Waals surface area contributed by atoms with Crippen molar-refractivity contribution in [1.82, 2.24) is 3.92 Å². The van der Waals surface area contributed by atoms with Crippen LogP contribution in [0.25, 0.3) is 0 Å². The summed E-state index contributed by atoms with van der Waals surface area (Å²) in [7, 11) is 0. The second kappa shape index (κ2) is 8.36. The third-order valence-corrected chi connectivity index (χ3v) is 4.30. The summed E-state index contributed by atoms with van der Waals surface area (Å²) in [5.74, 6) is -0.983. The van der Waals surface area contributed by atoms with E-state index in [2.05, 4.69) is 12.6 Å². The third kappa shape index (κ3) is 5.26. The predicted molar refractivity (Wildman–Crippen MR) is 68.6 cm³/mol. The first-order valence-electron chi connectivity index (χ1n) is 5.03. The average Bonchev–Trinajstić information content (AvgIpc) is 2.31. The number of nitrogens with zero attached hydrogens (tertiary/aromatic N) is 1. The first-order valence-corrected chi connectivity index (χ1v) is 8.14. The number of nitrogens with two attached hydrogens (primary N) is 1. The second-order valence-corrected chi connectivity index (χ2v) is 5.38. The Morgan fingerprint density at radius 2 is 1.89 bits per heavy atom. The molecule has 0 saturated carbocycles. The van der Waals surface area contributed by atoms with Crippen LogP contribution in [0.3, 0.4) is 0 Å². The minimum absolute atomic E-state index is 0.0142. The summed E-state index contributed by atoms with van der Waals surface area (Å²) in [6.07, 6.45) is -0.0970. The molecule has 9 heteroatoms. The fraction of sp³-hybridized carbons (Fsp3) is 0.667. The molecule has 0 rings (SSSR count). The van der Waals surface area contributed by atoms with Gasteiger partial charge < -0.3 is 0 Å². The molecular formula is C9H16N2O5SSe. The molecule has 1 amide bonds. The van der Waals surface area contributed by atoms with Crippen LogP contribution in [0, 0.1) is 0 Å². The Bertz CT molecular complexity index is 328. The predicted octanol–water partition coefficient (Wildman–Crippen LogP) is -0.943. The fourth-order valence-corrected chi connectivity index (χ4v) is 3.23. The van der Waals surface area contributed by atoms with E-state index in [0.717, 1.165) is 0 Å². The summed E-state index contributed by atoms with van der Waals surface area (Å²) in [6.45, 7) is 0. The van der Waals surface area contributed by atoms with E-state index in [1.165, 1.54) is 3.92 Å². The number of carboxylic acids is 2. The topological polar surface area (TPSA) is 121 Å². The molecule has 0 aliphatic rings. The number of hydrogen-bond donors (Lipinski definition) is 4. The zero-order chi connectivity index (χ0) is 14.3. The van der Waals surface area contributed by atoms with Crippen molar-refractivity contribution in [2.45, 2.75) is 30.7 Å². The van der Waals surface area contributed by atoms with E-state index in [-0.39, 0.29) is 33.8 Å². The Kier molecular flexibility index (Phi) is 8.01. The summed E-state index contributed by atoms with van der Waals surface area (Å²) in [4.78, 5) is 33.2. The van der Waals surface area contributed by atoms with E-state index >= 15 is 0 Å². The van der Waals surface area contributed by atoms with Gasteiger partial charge in [-0.05, 0) is 0 Å². The number of thiol groups is 1. The molecule has 2 unspecified atom stereocenters. The first-order chi connectivity index (χ1) is 8.34. The molecule has 0 spiro atoms. The number of amides is 1. The zero-order valence-electron chi connectivity index (χ0n) is 9.78. The number of carboxylic acid groups (broad SMARTS) is 2. The Hall–Kier alpha value is -0.761. The molecule has 4 N–H and O–H groups in total. The van der Waals surface area contributed by atoms with Crippen molar-refractivity contribution in [2.75, 3.05) is 5.75 Å². The van der Waals surface area contributed by atoms with Gasteiger partial charge in [-0.1, -0.05) is 0 Å². The van der Waals surface area contributed by atoms with Gasteiger partial charge in [-0.15, -0.1) is 0 Å². The molecule has 18 heavy (non-hydrogen) atoms. The normalized spacial score (nSPS) is 13.7. The molecule has 0 aromatic heterocycles. The molecule has 0 radical (unpaired) electrons. The average molecular weight is 343 g/mol. The Morgan fingerprint density at radius 3 is 2.22 bits per heavy atom. The maximum atomic E-state index is 11.8. The van der Waals surface area contributed by atoms with Gasteiger partial charge in [-0.25, -0.2) is 0 Å². The van der Waals surface area contributed by atoms with Gasteiger partial charge in [0.2, 0.25) is 0 Å². The molecule has 0 heterocycles. The SMILES string of the molecule is C[Se]N(C(=O)CCC(N)C(=O)O)C(CS)C(=O)O. The van der Waals surface area contributed by atoms with Crippen LogP contribution in [0.5, 0.6) is 0 Å². The van der Waals surface area contributed by atoms with Crippen molar-refractivity contribution < 1.29 is 24.6 Å². The van der Waals surface area contributed by atoms with Crippen molar-refractivity contribution in [2.24, 2.45) is 5.73 Å². The van der Waals surface area contributed by atoms with Crippen molar-refractivity contribution in [3.8, 4) is 0 Å². The van der Waals surface area contributed by atoms with Gasteiger partial charge in [-0.2, -0.15) is 0 Å². The van der Waals surface area contributed by atoms with Gasteiger partial charge in [0.1, 0.15) is 0 Å². The van der Waals surface area contributed by atoms with Gasteiger partial charge in [-0.3, -0.25) is 0 Å². The number of aliphatic carboxylic acids is 2. The minimum atomic E-state index is -1.18. The van der Waals surface area contributed by atoms with Gasteiger partial charge in [0.15, 0.2) is 0 Å². The molecule has 0 fully saturated rings. The van der Waals surface area contributed by atoms with Crippen LogP contribution in [0.1, 0.15) is 12.8 Å². The van der Waals surface area contributed by atoms with E-state index in [1.54, 1.807) is 5.82 Å². The van der Waals surface area contributed by atoms with E-state index in [9.17, 15) is 14.4 Å². The summed E-state index contributed by atoms with van der Waals surface area (Å²) >= 11 is 3.56. The summed E-state index contributed by atoms with van der Waals surface area (Å²) in [5, 5.41) is 17.5. The van der Waals surface area contributed by atoms with Crippen LogP contribution in [0.2, 0.25) is 5.82 Å². The summed E-state index contributed by atoms with van der Waals surface area (Å²) < 4.78 is 1.22.